The molecule has 0 aliphatic carbocycles. The van der Waals surface area contributed by atoms with E-state index in [4.69, 9.17) is 11.6 Å². The van der Waals surface area contributed by atoms with E-state index >= 15 is 0 Å². The molecule has 0 bridgehead atoms. The minimum atomic E-state index is -0.814. The van der Waals surface area contributed by atoms with Crippen LogP contribution in [0.25, 0.3) is 0 Å². The van der Waals surface area contributed by atoms with E-state index in [2.05, 4.69) is 20.6 Å². The molecule has 2 amide bonds. The summed E-state index contributed by atoms with van der Waals surface area (Å²) in [6.45, 7) is 0. The second kappa shape index (κ2) is 7.80. The summed E-state index contributed by atoms with van der Waals surface area (Å²) in [6, 6.07) is 15.3. The molecule has 0 fully saturated rings. The number of rotatable bonds is 4. The maximum Gasteiger partial charge on any atom is 0.437 e. The lowest BCUT2D eigenvalue weighted by Gasteiger charge is -2.02. The first kappa shape index (κ1) is 15.5. The van der Waals surface area contributed by atoms with Crippen LogP contribution in [0, 0.1) is 0 Å². The molecule has 0 aliphatic heterocycles. The van der Waals surface area contributed by atoms with E-state index in [9.17, 15) is 9.59 Å². The summed E-state index contributed by atoms with van der Waals surface area (Å²) in [5, 5.41) is 8.84. The molecule has 2 rings (SSSR count). The molecule has 0 spiro atoms. The van der Waals surface area contributed by atoms with Crippen molar-refractivity contribution in [3.05, 3.63) is 59.6 Å². The molecule has 0 saturated heterocycles. The third-order valence-electron chi connectivity index (χ3n) is 2.44. The number of nitrogens with zero attached hydrogens (tertiary/aromatic N) is 1. The zero-order valence-electron chi connectivity index (χ0n) is 11.3. The Kier molecular flexibility index (Phi) is 5.50. The van der Waals surface area contributed by atoms with Gasteiger partial charge in [-0.2, -0.15) is 0 Å². The Hall–Kier alpha value is -2.86. The van der Waals surface area contributed by atoms with E-state index in [0.29, 0.717) is 16.4 Å². The van der Waals surface area contributed by atoms with Crippen LogP contribution in [0.4, 0.5) is 16.2 Å². The lowest BCUT2D eigenvalue weighted by molar-refractivity contribution is -0.110. The molecule has 0 aliphatic rings. The first-order valence-electron chi connectivity index (χ1n) is 6.26. The Morgan fingerprint density at radius 1 is 0.955 bits per heavy atom. The number of carbonyl (C=O) groups excluding carboxylic acids is 2. The SMILES string of the molecule is O=C(C=NOC(=O)Nc1ccc(Cl)cc1)Nc1ccccc1. The van der Waals surface area contributed by atoms with Crippen molar-refractivity contribution in [3.63, 3.8) is 0 Å². The molecule has 0 radical (unpaired) electrons. The Balaban J connectivity index is 1.78. The number of hydrogen-bond acceptors (Lipinski definition) is 4. The van der Waals surface area contributed by atoms with Crippen LogP contribution >= 0.6 is 11.6 Å². The third kappa shape index (κ3) is 5.26. The van der Waals surface area contributed by atoms with Gasteiger partial charge in [-0.05, 0) is 36.4 Å². The van der Waals surface area contributed by atoms with Crippen LogP contribution in [0.15, 0.2) is 59.8 Å². The number of hydrogen-bond donors (Lipinski definition) is 2. The van der Waals surface area contributed by atoms with E-state index in [0.717, 1.165) is 6.21 Å². The third-order valence-corrected chi connectivity index (χ3v) is 2.69. The number of anilines is 2. The van der Waals surface area contributed by atoms with Crippen molar-refractivity contribution in [1.82, 2.24) is 0 Å². The molecular formula is C15H12ClN3O3. The summed E-state index contributed by atoms with van der Waals surface area (Å²) in [5.41, 5.74) is 1.11. The number of amides is 2. The molecule has 7 heteroatoms. The number of oxime groups is 1. The summed E-state index contributed by atoms with van der Waals surface area (Å²) >= 11 is 5.72. The van der Waals surface area contributed by atoms with E-state index in [-0.39, 0.29) is 0 Å². The minimum absolute atomic E-state index is 0.498. The van der Waals surface area contributed by atoms with E-state index < -0.39 is 12.0 Å². The average Bonchev–Trinajstić information content (AvgIpc) is 2.50. The Labute approximate surface area is 131 Å². The highest BCUT2D eigenvalue weighted by Crippen LogP contribution is 2.13. The van der Waals surface area contributed by atoms with Crippen molar-refractivity contribution in [2.24, 2.45) is 5.16 Å². The summed E-state index contributed by atoms with van der Waals surface area (Å²) in [7, 11) is 0. The molecular weight excluding hydrogens is 306 g/mol. The standard InChI is InChI=1S/C15H12ClN3O3/c16-11-6-8-13(9-7-11)19-15(21)22-17-10-14(20)18-12-4-2-1-3-5-12/h1-10H,(H,18,20)(H,19,21). The quantitative estimate of drug-likeness (QED) is 0.514. The molecule has 6 nitrogen and oxygen atoms in total. The van der Waals surface area contributed by atoms with Gasteiger partial charge in [-0.15, -0.1) is 0 Å². The van der Waals surface area contributed by atoms with Crippen LogP contribution in [0.1, 0.15) is 0 Å². The van der Waals surface area contributed by atoms with Gasteiger partial charge in [0.2, 0.25) is 0 Å². The van der Waals surface area contributed by atoms with Gasteiger partial charge in [0.05, 0.1) is 0 Å². The summed E-state index contributed by atoms with van der Waals surface area (Å²) in [4.78, 5) is 27.4. The van der Waals surface area contributed by atoms with Gasteiger partial charge in [-0.25, -0.2) is 4.79 Å². The van der Waals surface area contributed by atoms with Crippen molar-refractivity contribution >= 4 is 41.2 Å². The monoisotopic (exact) mass is 317 g/mol. The van der Waals surface area contributed by atoms with E-state index in [1.165, 1.54) is 0 Å². The zero-order chi connectivity index (χ0) is 15.8. The van der Waals surface area contributed by atoms with Crippen LogP contribution in [0.5, 0.6) is 0 Å². The van der Waals surface area contributed by atoms with Gasteiger partial charge < -0.3 is 5.32 Å². The smallest absolute Gasteiger partial charge is 0.321 e. The Morgan fingerprint density at radius 3 is 2.27 bits per heavy atom. The van der Waals surface area contributed by atoms with Gasteiger partial charge in [-0.3, -0.25) is 14.9 Å². The topological polar surface area (TPSA) is 79.8 Å². The Morgan fingerprint density at radius 2 is 1.59 bits per heavy atom. The van der Waals surface area contributed by atoms with Gasteiger partial charge in [0.25, 0.3) is 5.91 Å². The normalized spacial score (nSPS) is 10.2. The van der Waals surface area contributed by atoms with E-state index in [1.807, 2.05) is 6.07 Å². The number of para-hydroxylation sites is 1. The second-order valence-corrected chi connectivity index (χ2v) is 4.54. The number of benzene rings is 2. The number of carbonyl (C=O) groups is 2. The minimum Gasteiger partial charge on any atom is -0.321 e. The van der Waals surface area contributed by atoms with Crippen molar-refractivity contribution < 1.29 is 14.4 Å². The van der Waals surface area contributed by atoms with Crippen LogP contribution in [0.3, 0.4) is 0 Å². The van der Waals surface area contributed by atoms with Crippen LogP contribution in [0.2, 0.25) is 5.02 Å². The summed E-state index contributed by atoms with van der Waals surface area (Å²) in [5.74, 6) is -0.509. The molecule has 0 heterocycles. The second-order valence-electron chi connectivity index (χ2n) is 4.10. The summed E-state index contributed by atoms with van der Waals surface area (Å²) in [6.07, 6.45) is 0.0557. The van der Waals surface area contributed by atoms with Gasteiger partial charge in [0, 0.05) is 16.4 Å². The maximum atomic E-state index is 11.5. The van der Waals surface area contributed by atoms with Crippen LogP contribution in [-0.4, -0.2) is 18.2 Å². The number of halogens is 1. The fraction of sp³-hybridized carbons (Fsp3) is 0. The largest absolute Gasteiger partial charge is 0.437 e. The molecule has 0 saturated carbocycles. The number of nitrogens with one attached hydrogen (secondary N) is 2. The highest BCUT2D eigenvalue weighted by atomic mass is 35.5. The lowest BCUT2D eigenvalue weighted by atomic mass is 10.3. The van der Waals surface area contributed by atoms with Gasteiger partial charge in [0.1, 0.15) is 6.21 Å². The maximum absolute atomic E-state index is 11.5. The van der Waals surface area contributed by atoms with Crippen LogP contribution < -0.4 is 10.6 Å². The first-order chi connectivity index (χ1) is 10.6. The van der Waals surface area contributed by atoms with Crippen LogP contribution in [-0.2, 0) is 9.63 Å². The molecule has 2 aromatic rings. The van der Waals surface area contributed by atoms with Crippen molar-refractivity contribution in [2.75, 3.05) is 10.6 Å². The molecule has 22 heavy (non-hydrogen) atoms. The predicted molar refractivity (Wildman–Crippen MR) is 85.1 cm³/mol. The lowest BCUT2D eigenvalue weighted by Crippen LogP contribution is -2.15. The van der Waals surface area contributed by atoms with Crippen molar-refractivity contribution in [2.45, 2.75) is 0 Å². The predicted octanol–water partition coefficient (Wildman–Crippen LogP) is 3.51. The molecule has 2 N–H and O–H groups in total. The molecule has 0 atom stereocenters. The molecule has 0 aromatic heterocycles. The zero-order valence-corrected chi connectivity index (χ0v) is 12.1. The molecule has 2 aromatic carbocycles. The highest BCUT2D eigenvalue weighted by molar-refractivity contribution is 6.31. The first-order valence-corrected chi connectivity index (χ1v) is 6.64. The van der Waals surface area contributed by atoms with Gasteiger partial charge in [-0.1, -0.05) is 35.0 Å². The Bertz CT molecular complexity index is 672. The summed E-state index contributed by atoms with van der Waals surface area (Å²) < 4.78 is 0. The van der Waals surface area contributed by atoms with Gasteiger partial charge >= 0.3 is 6.09 Å². The van der Waals surface area contributed by atoms with E-state index in [1.54, 1.807) is 48.5 Å². The average molecular weight is 318 g/mol. The van der Waals surface area contributed by atoms with Gasteiger partial charge in [0.15, 0.2) is 0 Å². The van der Waals surface area contributed by atoms with Crippen molar-refractivity contribution in [3.8, 4) is 0 Å². The fourth-order valence-corrected chi connectivity index (χ4v) is 1.62. The molecule has 0 unspecified atom stereocenters. The fourth-order valence-electron chi connectivity index (χ4n) is 1.49. The molecule has 112 valence electrons. The highest BCUT2D eigenvalue weighted by Gasteiger charge is 2.03. The van der Waals surface area contributed by atoms with Crippen molar-refractivity contribution in [1.29, 1.82) is 0 Å².